The second-order valence-electron chi connectivity index (χ2n) is 5.62. The summed E-state index contributed by atoms with van der Waals surface area (Å²) < 4.78 is 4.79. The fourth-order valence-corrected chi connectivity index (χ4v) is 2.30. The zero-order valence-electron chi connectivity index (χ0n) is 13.9. The van der Waals surface area contributed by atoms with Crippen LogP contribution in [-0.2, 0) is 6.54 Å². The minimum Gasteiger partial charge on any atom is -0.364 e. The van der Waals surface area contributed by atoms with Gasteiger partial charge in [0, 0.05) is 38.3 Å². The van der Waals surface area contributed by atoms with E-state index in [9.17, 15) is 0 Å². The number of hydrogen-bond acceptors (Lipinski definition) is 4. The first-order valence-corrected chi connectivity index (χ1v) is 7.64. The molecule has 6 nitrogen and oxygen atoms in total. The van der Waals surface area contributed by atoms with Crippen LogP contribution in [0, 0.1) is 0 Å². The molecule has 21 heavy (non-hydrogen) atoms. The smallest absolute Gasteiger partial charge is 0.191 e. The van der Waals surface area contributed by atoms with Gasteiger partial charge in [0.05, 0.1) is 6.54 Å². The van der Waals surface area contributed by atoms with E-state index in [-0.39, 0.29) is 0 Å². The van der Waals surface area contributed by atoms with Crippen LogP contribution < -0.4 is 10.6 Å². The molecule has 0 radical (unpaired) electrons. The van der Waals surface area contributed by atoms with Gasteiger partial charge in [-0.1, -0.05) is 5.16 Å². The summed E-state index contributed by atoms with van der Waals surface area (Å²) in [5.41, 5.74) is 0.865. The van der Waals surface area contributed by atoms with Crippen molar-refractivity contribution in [2.45, 2.75) is 52.7 Å². The van der Waals surface area contributed by atoms with Crippen molar-refractivity contribution >= 4 is 5.96 Å². The number of hydrogen-bond donors (Lipinski definition) is 2. The van der Waals surface area contributed by atoms with E-state index in [1.54, 1.807) is 13.3 Å². The number of rotatable bonds is 8. The average molecular weight is 295 g/mol. The standard InChI is InChI=1S/C15H29N5O/c1-12(2)20(13(3)4)9-6-8-17-15(16-5)18-11-14-7-10-21-19-14/h7,10,12-13H,6,8-9,11H2,1-5H3,(H2,16,17,18). The summed E-state index contributed by atoms with van der Waals surface area (Å²) in [7, 11) is 1.77. The van der Waals surface area contributed by atoms with Gasteiger partial charge in [-0.05, 0) is 34.1 Å². The lowest BCUT2D eigenvalue weighted by molar-refractivity contribution is 0.173. The van der Waals surface area contributed by atoms with Crippen LogP contribution in [0.3, 0.4) is 0 Å². The predicted octanol–water partition coefficient (Wildman–Crippen LogP) is 1.85. The number of guanidine groups is 1. The van der Waals surface area contributed by atoms with Crippen LogP contribution >= 0.6 is 0 Å². The van der Waals surface area contributed by atoms with Crippen molar-refractivity contribution < 1.29 is 4.52 Å². The normalized spacial score (nSPS) is 12.5. The molecule has 1 heterocycles. The van der Waals surface area contributed by atoms with Gasteiger partial charge in [0.2, 0.25) is 0 Å². The van der Waals surface area contributed by atoms with Crippen LogP contribution in [0.4, 0.5) is 0 Å². The number of nitrogens with zero attached hydrogens (tertiary/aromatic N) is 3. The summed E-state index contributed by atoms with van der Waals surface area (Å²) in [5.74, 6) is 0.790. The highest BCUT2D eigenvalue weighted by Crippen LogP contribution is 2.05. The highest BCUT2D eigenvalue weighted by atomic mass is 16.5. The Morgan fingerprint density at radius 1 is 1.29 bits per heavy atom. The van der Waals surface area contributed by atoms with Crippen LogP contribution in [0.25, 0.3) is 0 Å². The molecule has 0 spiro atoms. The lowest BCUT2D eigenvalue weighted by Crippen LogP contribution is -2.41. The molecule has 0 aromatic carbocycles. The maximum Gasteiger partial charge on any atom is 0.191 e. The molecule has 2 N–H and O–H groups in total. The molecule has 1 rings (SSSR count). The summed E-state index contributed by atoms with van der Waals surface area (Å²) in [6, 6.07) is 2.99. The summed E-state index contributed by atoms with van der Waals surface area (Å²) in [4.78, 5) is 6.69. The maximum atomic E-state index is 4.79. The maximum absolute atomic E-state index is 4.79. The first-order valence-electron chi connectivity index (χ1n) is 7.64. The molecule has 0 atom stereocenters. The lowest BCUT2D eigenvalue weighted by atomic mass is 10.2. The molecule has 0 aliphatic carbocycles. The molecule has 0 bridgehead atoms. The molecule has 0 amide bonds. The van der Waals surface area contributed by atoms with Gasteiger partial charge in [0.25, 0.3) is 0 Å². The first kappa shape index (κ1) is 17.5. The van der Waals surface area contributed by atoms with Crippen LogP contribution in [0.2, 0.25) is 0 Å². The number of aromatic nitrogens is 1. The van der Waals surface area contributed by atoms with E-state index in [1.165, 1.54) is 0 Å². The Morgan fingerprint density at radius 2 is 2.00 bits per heavy atom. The molecule has 0 unspecified atom stereocenters. The van der Waals surface area contributed by atoms with Gasteiger partial charge in [0.1, 0.15) is 12.0 Å². The fourth-order valence-electron chi connectivity index (χ4n) is 2.30. The number of nitrogens with one attached hydrogen (secondary N) is 2. The highest BCUT2D eigenvalue weighted by Gasteiger charge is 2.12. The second-order valence-corrected chi connectivity index (χ2v) is 5.62. The third-order valence-corrected chi connectivity index (χ3v) is 3.36. The third-order valence-electron chi connectivity index (χ3n) is 3.36. The van der Waals surface area contributed by atoms with Crippen molar-refractivity contribution in [1.29, 1.82) is 0 Å². The van der Waals surface area contributed by atoms with Crippen molar-refractivity contribution in [3.63, 3.8) is 0 Å². The summed E-state index contributed by atoms with van der Waals surface area (Å²) >= 11 is 0. The molecule has 6 heteroatoms. The molecule has 120 valence electrons. The van der Waals surface area contributed by atoms with Crippen LogP contribution in [-0.4, -0.2) is 48.2 Å². The van der Waals surface area contributed by atoms with Crippen molar-refractivity contribution in [3.05, 3.63) is 18.0 Å². The molecule has 1 aromatic heterocycles. The Balaban J connectivity index is 2.23. The Morgan fingerprint density at radius 3 is 2.52 bits per heavy atom. The quantitative estimate of drug-likeness (QED) is 0.435. The third kappa shape index (κ3) is 6.62. The largest absolute Gasteiger partial charge is 0.364 e. The minimum absolute atomic E-state index is 0.578. The minimum atomic E-state index is 0.578. The molecule has 0 saturated heterocycles. The Hall–Kier alpha value is -1.56. The van der Waals surface area contributed by atoms with Gasteiger partial charge in [-0.2, -0.15) is 0 Å². The van der Waals surface area contributed by atoms with Crippen molar-refractivity contribution in [2.75, 3.05) is 20.1 Å². The van der Waals surface area contributed by atoms with E-state index < -0.39 is 0 Å². The Bertz CT molecular complexity index is 392. The molecular formula is C15H29N5O. The first-order chi connectivity index (χ1) is 10.0. The summed E-state index contributed by atoms with van der Waals surface area (Å²) in [6.07, 6.45) is 2.65. The second kappa shape index (κ2) is 9.39. The monoisotopic (exact) mass is 295 g/mol. The van der Waals surface area contributed by atoms with Gasteiger partial charge >= 0.3 is 0 Å². The molecule has 0 aliphatic rings. The zero-order valence-corrected chi connectivity index (χ0v) is 13.9. The van der Waals surface area contributed by atoms with Crippen molar-refractivity contribution in [2.24, 2.45) is 4.99 Å². The molecule has 0 aliphatic heterocycles. The van der Waals surface area contributed by atoms with E-state index >= 15 is 0 Å². The average Bonchev–Trinajstić information content (AvgIpc) is 2.94. The van der Waals surface area contributed by atoms with Crippen molar-refractivity contribution in [1.82, 2.24) is 20.7 Å². The van der Waals surface area contributed by atoms with Crippen LogP contribution in [0.1, 0.15) is 39.8 Å². The zero-order chi connectivity index (χ0) is 15.7. The van der Waals surface area contributed by atoms with Crippen molar-refractivity contribution in [3.8, 4) is 0 Å². The van der Waals surface area contributed by atoms with Gasteiger partial charge < -0.3 is 15.2 Å². The Kier molecular flexibility index (Phi) is 7.82. The molecular weight excluding hydrogens is 266 g/mol. The van der Waals surface area contributed by atoms with E-state index in [4.69, 9.17) is 4.52 Å². The lowest BCUT2D eigenvalue weighted by Gasteiger charge is -2.30. The van der Waals surface area contributed by atoms with E-state index in [0.717, 1.165) is 31.2 Å². The molecule has 0 fully saturated rings. The van der Waals surface area contributed by atoms with Gasteiger partial charge in [-0.3, -0.25) is 9.89 Å². The van der Waals surface area contributed by atoms with E-state index in [2.05, 4.69) is 53.4 Å². The van der Waals surface area contributed by atoms with E-state index in [1.807, 2.05) is 6.07 Å². The van der Waals surface area contributed by atoms with E-state index in [0.29, 0.717) is 18.6 Å². The topological polar surface area (TPSA) is 65.7 Å². The Labute approximate surface area is 128 Å². The van der Waals surface area contributed by atoms with Gasteiger partial charge in [0.15, 0.2) is 5.96 Å². The van der Waals surface area contributed by atoms with Gasteiger partial charge in [-0.25, -0.2) is 0 Å². The van der Waals surface area contributed by atoms with Crippen LogP contribution in [0.15, 0.2) is 21.8 Å². The van der Waals surface area contributed by atoms with Crippen LogP contribution in [0.5, 0.6) is 0 Å². The van der Waals surface area contributed by atoms with Gasteiger partial charge in [-0.15, -0.1) is 0 Å². The highest BCUT2D eigenvalue weighted by molar-refractivity contribution is 5.79. The SMILES string of the molecule is CN=C(NCCCN(C(C)C)C(C)C)NCc1ccon1. The predicted molar refractivity (Wildman–Crippen MR) is 86.3 cm³/mol. The molecule has 1 aromatic rings. The summed E-state index contributed by atoms with van der Waals surface area (Å²) in [5, 5.41) is 10.4. The fraction of sp³-hybridized carbons (Fsp3) is 0.733. The summed E-state index contributed by atoms with van der Waals surface area (Å²) in [6.45, 7) is 11.6. The number of aliphatic imine (C=N–C) groups is 1. The molecule has 0 saturated carbocycles.